The summed E-state index contributed by atoms with van der Waals surface area (Å²) in [6.45, 7) is 10.6. The molecule has 1 saturated heterocycles. The number of hydrogen-bond donors (Lipinski definition) is 1. The van der Waals surface area contributed by atoms with Crippen molar-refractivity contribution in [3.8, 4) is 0 Å². The predicted octanol–water partition coefficient (Wildman–Crippen LogP) is 3.73. The van der Waals surface area contributed by atoms with E-state index < -0.39 is 0 Å². The standard InChI is InChI=1S/C18H28N2S/c1-4-18(5-2)13-20(14(3)10-19-18)11-15-12-21-17-9-7-6-8-16(15)17/h6-9,14-15,19H,4-5,10-13H2,1-3H3. The van der Waals surface area contributed by atoms with Gasteiger partial charge in [0.1, 0.15) is 0 Å². The quantitative estimate of drug-likeness (QED) is 0.912. The molecular formula is C18H28N2S. The van der Waals surface area contributed by atoms with Crippen LogP contribution in [0.1, 0.15) is 45.1 Å². The molecule has 2 aliphatic heterocycles. The molecule has 2 unspecified atom stereocenters. The fraction of sp³-hybridized carbons (Fsp3) is 0.667. The molecule has 0 aromatic heterocycles. The largest absolute Gasteiger partial charge is 0.308 e. The van der Waals surface area contributed by atoms with E-state index in [1.165, 1.54) is 36.6 Å². The predicted molar refractivity (Wildman–Crippen MR) is 92.3 cm³/mol. The molecular weight excluding hydrogens is 276 g/mol. The lowest BCUT2D eigenvalue weighted by molar-refractivity contribution is 0.0770. The first-order chi connectivity index (χ1) is 10.2. The second kappa shape index (κ2) is 6.31. The van der Waals surface area contributed by atoms with Gasteiger partial charge in [-0.25, -0.2) is 0 Å². The van der Waals surface area contributed by atoms with Crippen LogP contribution in [0.5, 0.6) is 0 Å². The molecule has 3 heteroatoms. The number of thioether (sulfide) groups is 1. The summed E-state index contributed by atoms with van der Waals surface area (Å²) in [7, 11) is 0. The molecule has 2 aliphatic rings. The van der Waals surface area contributed by atoms with E-state index in [0.29, 0.717) is 17.5 Å². The molecule has 0 radical (unpaired) electrons. The Morgan fingerprint density at radius 1 is 1.29 bits per heavy atom. The highest BCUT2D eigenvalue weighted by Crippen LogP contribution is 2.40. The molecule has 2 heterocycles. The van der Waals surface area contributed by atoms with Crippen molar-refractivity contribution in [1.82, 2.24) is 10.2 Å². The van der Waals surface area contributed by atoms with Gasteiger partial charge in [-0.3, -0.25) is 4.90 Å². The third kappa shape index (κ3) is 3.01. The molecule has 21 heavy (non-hydrogen) atoms. The van der Waals surface area contributed by atoms with Crippen LogP contribution in [0.3, 0.4) is 0 Å². The molecule has 2 nitrogen and oxygen atoms in total. The summed E-state index contributed by atoms with van der Waals surface area (Å²) < 4.78 is 0. The van der Waals surface area contributed by atoms with Crippen LogP contribution in [0.25, 0.3) is 0 Å². The molecule has 1 aromatic carbocycles. The lowest BCUT2D eigenvalue weighted by Crippen LogP contribution is -2.63. The second-order valence-corrected chi connectivity index (χ2v) is 7.75. The van der Waals surface area contributed by atoms with Gasteiger partial charge in [0, 0.05) is 47.8 Å². The van der Waals surface area contributed by atoms with E-state index in [1.807, 2.05) is 11.8 Å². The van der Waals surface area contributed by atoms with Crippen molar-refractivity contribution >= 4 is 11.8 Å². The topological polar surface area (TPSA) is 15.3 Å². The van der Waals surface area contributed by atoms with Crippen molar-refractivity contribution in [3.63, 3.8) is 0 Å². The van der Waals surface area contributed by atoms with E-state index in [0.717, 1.165) is 6.54 Å². The molecule has 116 valence electrons. The number of nitrogens with one attached hydrogen (secondary N) is 1. The summed E-state index contributed by atoms with van der Waals surface area (Å²) in [4.78, 5) is 4.24. The van der Waals surface area contributed by atoms with Crippen molar-refractivity contribution in [2.45, 2.75) is 56.0 Å². The van der Waals surface area contributed by atoms with Gasteiger partial charge < -0.3 is 5.32 Å². The Kier molecular flexibility index (Phi) is 4.63. The lowest BCUT2D eigenvalue weighted by Gasteiger charge is -2.47. The number of nitrogens with zero attached hydrogens (tertiary/aromatic N) is 1. The molecule has 1 fully saturated rings. The monoisotopic (exact) mass is 304 g/mol. The first kappa shape index (κ1) is 15.4. The van der Waals surface area contributed by atoms with Crippen molar-refractivity contribution < 1.29 is 0 Å². The maximum absolute atomic E-state index is 3.81. The molecule has 1 aromatic rings. The summed E-state index contributed by atoms with van der Waals surface area (Å²) in [5.41, 5.74) is 1.91. The first-order valence-electron chi connectivity index (χ1n) is 8.38. The van der Waals surface area contributed by atoms with Gasteiger partial charge in [0.15, 0.2) is 0 Å². The fourth-order valence-electron chi connectivity index (χ4n) is 3.73. The minimum Gasteiger partial charge on any atom is -0.308 e. The van der Waals surface area contributed by atoms with Crippen LogP contribution in [-0.4, -0.2) is 41.9 Å². The third-order valence-corrected chi connectivity index (χ3v) is 6.76. The smallest absolute Gasteiger partial charge is 0.0304 e. The van der Waals surface area contributed by atoms with Gasteiger partial charge in [-0.2, -0.15) is 0 Å². The Morgan fingerprint density at radius 3 is 2.81 bits per heavy atom. The van der Waals surface area contributed by atoms with Crippen molar-refractivity contribution in [2.24, 2.45) is 0 Å². The molecule has 0 spiro atoms. The van der Waals surface area contributed by atoms with E-state index in [-0.39, 0.29) is 0 Å². The molecule has 1 N–H and O–H groups in total. The van der Waals surface area contributed by atoms with Crippen LogP contribution in [0.4, 0.5) is 0 Å². The Balaban J connectivity index is 1.72. The number of fused-ring (bicyclic) bond motifs is 1. The molecule has 0 saturated carbocycles. The zero-order valence-corrected chi connectivity index (χ0v) is 14.4. The summed E-state index contributed by atoms with van der Waals surface area (Å²) in [5.74, 6) is 1.96. The highest BCUT2D eigenvalue weighted by Gasteiger charge is 2.36. The molecule has 0 aliphatic carbocycles. The highest BCUT2D eigenvalue weighted by molar-refractivity contribution is 7.99. The SMILES string of the molecule is CCC1(CC)CN(CC2CSc3ccccc32)C(C)CN1. The number of benzene rings is 1. The lowest BCUT2D eigenvalue weighted by atomic mass is 9.88. The Hall–Kier alpha value is -0.510. The third-order valence-electron chi connectivity index (χ3n) is 5.51. The minimum atomic E-state index is 0.331. The minimum absolute atomic E-state index is 0.331. The molecule has 3 rings (SSSR count). The Labute approximate surface area is 133 Å². The van der Waals surface area contributed by atoms with Gasteiger partial charge in [0.2, 0.25) is 0 Å². The van der Waals surface area contributed by atoms with Gasteiger partial charge in [0.25, 0.3) is 0 Å². The maximum Gasteiger partial charge on any atom is 0.0304 e. The average Bonchev–Trinajstić information content (AvgIpc) is 2.93. The van der Waals surface area contributed by atoms with E-state index in [2.05, 4.69) is 55.3 Å². The Morgan fingerprint density at radius 2 is 2.05 bits per heavy atom. The molecule has 2 atom stereocenters. The van der Waals surface area contributed by atoms with Gasteiger partial charge in [-0.1, -0.05) is 32.0 Å². The molecule has 0 amide bonds. The fourth-order valence-corrected chi connectivity index (χ4v) is 4.97. The van der Waals surface area contributed by atoms with Crippen molar-refractivity contribution in [2.75, 3.05) is 25.4 Å². The van der Waals surface area contributed by atoms with Crippen LogP contribution in [0.2, 0.25) is 0 Å². The summed E-state index contributed by atoms with van der Waals surface area (Å²) in [5, 5.41) is 3.81. The maximum atomic E-state index is 3.81. The zero-order valence-electron chi connectivity index (χ0n) is 13.6. The normalized spacial score (nSPS) is 28.5. The zero-order chi connectivity index (χ0) is 14.9. The second-order valence-electron chi connectivity index (χ2n) is 6.69. The highest BCUT2D eigenvalue weighted by atomic mass is 32.2. The first-order valence-corrected chi connectivity index (χ1v) is 9.37. The summed E-state index contributed by atoms with van der Waals surface area (Å²) in [6.07, 6.45) is 2.45. The van der Waals surface area contributed by atoms with Crippen LogP contribution in [0.15, 0.2) is 29.2 Å². The van der Waals surface area contributed by atoms with Gasteiger partial charge in [-0.05, 0) is 31.4 Å². The van der Waals surface area contributed by atoms with Gasteiger partial charge >= 0.3 is 0 Å². The van der Waals surface area contributed by atoms with E-state index in [4.69, 9.17) is 0 Å². The van der Waals surface area contributed by atoms with Gasteiger partial charge in [-0.15, -0.1) is 11.8 Å². The van der Waals surface area contributed by atoms with Crippen LogP contribution < -0.4 is 5.32 Å². The van der Waals surface area contributed by atoms with E-state index >= 15 is 0 Å². The number of rotatable bonds is 4. The van der Waals surface area contributed by atoms with Gasteiger partial charge in [0.05, 0.1) is 0 Å². The summed E-state index contributed by atoms with van der Waals surface area (Å²) >= 11 is 2.03. The summed E-state index contributed by atoms with van der Waals surface area (Å²) in [6, 6.07) is 9.62. The Bertz CT molecular complexity index is 484. The van der Waals surface area contributed by atoms with Crippen molar-refractivity contribution in [3.05, 3.63) is 29.8 Å². The average molecular weight is 305 g/mol. The van der Waals surface area contributed by atoms with E-state index in [9.17, 15) is 0 Å². The van der Waals surface area contributed by atoms with Crippen LogP contribution >= 0.6 is 11.8 Å². The van der Waals surface area contributed by atoms with Crippen LogP contribution in [-0.2, 0) is 0 Å². The molecule has 0 bridgehead atoms. The van der Waals surface area contributed by atoms with E-state index in [1.54, 1.807) is 5.56 Å². The number of hydrogen-bond acceptors (Lipinski definition) is 3. The number of piperazine rings is 1. The van der Waals surface area contributed by atoms with Crippen LogP contribution in [0, 0.1) is 0 Å². The van der Waals surface area contributed by atoms with Crippen molar-refractivity contribution in [1.29, 1.82) is 0 Å².